The average molecular weight is 285 g/mol. The zero-order chi connectivity index (χ0) is 14.8. The highest BCUT2D eigenvalue weighted by Crippen LogP contribution is 2.20. The molecule has 0 bridgehead atoms. The van der Waals surface area contributed by atoms with Gasteiger partial charge < -0.3 is 10.1 Å². The molecule has 2 aromatic heterocycles. The fourth-order valence-corrected chi connectivity index (χ4v) is 2.09. The van der Waals surface area contributed by atoms with Crippen LogP contribution in [0.5, 0.6) is 5.75 Å². The standard InChI is InChI=1S/C14H15N5O2/c1-9(10-3-5-11(21-2)6-4-10)16-12-7-13-17-18-14(20)19(13)8-15-12/h3-9,16H,1-2H3,(H,18,20). The molecule has 3 aromatic rings. The van der Waals surface area contributed by atoms with Crippen molar-refractivity contribution in [2.75, 3.05) is 12.4 Å². The van der Waals surface area contributed by atoms with Crippen LogP contribution in [0, 0.1) is 0 Å². The lowest BCUT2D eigenvalue weighted by Gasteiger charge is -2.15. The number of H-pyrrole nitrogens is 1. The molecular weight excluding hydrogens is 270 g/mol. The van der Waals surface area contributed by atoms with Crippen LogP contribution in [0.1, 0.15) is 18.5 Å². The zero-order valence-corrected chi connectivity index (χ0v) is 11.7. The molecule has 1 atom stereocenters. The number of ether oxygens (including phenoxy) is 1. The number of hydrogen-bond donors (Lipinski definition) is 2. The smallest absolute Gasteiger partial charge is 0.348 e. The Morgan fingerprint density at radius 2 is 2.10 bits per heavy atom. The number of methoxy groups -OCH3 is 1. The molecule has 21 heavy (non-hydrogen) atoms. The highest BCUT2D eigenvalue weighted by molar-refractivity contribution is 5.49. The van der Waals surface area contributed by atoms with Gasteiger partial charge in [-0.05, 0) is 24.6 Å². The van der Waals surface area contributed by atoms with E-state index in [0.29, 0.717) is 11.5 Å². The zero-order valence-electron chi connectivity index (χ0n) is 11.7. The Morgan fingerprint density at radius 1 is 1.33 bits per heavy atom. The molecule has 0 aliphatic rings. The minimum absolute atomic E-state index is 0.0662. The van der Waals surface area contributed by atoms with Crippen molar-refractivity contribution in [1.82, 2.24) is 19.6 Å². The first-order valence-corrected chi connectivity index (χ1v) is 6.50. The van der Waals surface area contributed by atoms with Gasteiger partial charge in [-0.25, -0.2) is 19.3 Å². The molecule has 0 aliphatic carbocycles. The molecule has 0 aliphatic heterocycles. The van der Waals surface area contributed by atoms with Crippen molar-refractivity contribution in [3.8, 4) is 5.75 Å². The summed E-state index contributed by atoms with van der Waals surface area (Å²) in [6.07, 6.45) is 1.45. The first-order valence-electron chi connectivity index (χ1n) is 6.50. The van der Waals surface area contributed by atoms with Gasteiger partial charge in [0.25, 0.3) is 0 Å². The fraction of sp³-hybridized carbons (Fsp3) is 0.214. The fourth-order valence-electron chi connectivity index (χ4n) is 2.09. The molecule has 2 heterocycles. The van der Waals surface area contributed by atoms with E-state index in [1.807, 2.05) is 31.2 Å². The molecule has 0 radical (unpaired) electrons. The molecule has 7 heteroatoms. The summed E-state index contributed by atoms with van der Waals surface area (Å²) < 4.78 is 6.49. The molecule has 2 N–H and O–H groups in total. The molecule has 0 saturated heterocycles. The Morgan fingerprint density at radius 3 is 2.81 bits per heavy atom. The van der Waals surface area contributed by atoms with Crippen LogP contribution in [-0.2, 0) is 0 Å². The summed E-state index contributed by atoms with van der Waals surface area (Å²) >= 11 is 0. The largest absolute Gasteiger partial charge is 0.497 e. The van der Waals surface area contributed by atoms with Gasteiger partial charge in [0.05, 0.1) is 7.11 Å². The predicted molar refractivity (Wildman–Crippen MR) is 78.6 cm³/mol. The minimum atomic E-state index is -0.299. The lowest BCUT2D eigenvalue weighted by Crippen LogP contribution is -2.11. The van der Waals surface area contributed by atoms with Crippen LogP contribution in [0.15, 0.2) is 41.5 Å². The van der Waals surface area contributed by atoms with Crippen molar-refractivity contribution >= 4 is 11.5 Å². The SMILES string of the molecule is COc1ccc(C(C)Nc2cc3n[nH]c(=O)n3cn2)cc1. The van der Waals surface area contributed by atoms with Gasteiger partial charge in [0, 0.05) is 12.1 Å². The summed E-state index contributed by atoms with van der Waals surface area (Å²) in [6.45, 7) is 2.03. The number of rotatable bonds is 4. The molecule has 3 rings (SSSR count). The van der Waals surface area contributed by atoms with Gasteiger partial charge in [-0.2, -0.15) is 5.10 Å². The Balaban J connectivity index is 1.81. The van der Waals surface area contributed by atoms with Gasteiger partial charge in [-0.3, -0.25) is 0 Å². The maximum Gasteiger partial charge on any atom is 0.348 e. The number of nitrogens with zero attached hydrogens (tertiary/aromatic N) is 3. The average Bonchev–Trinajstić information content (AvgIpc) is 2.88. The number of hydrogen-bond acceptors (Lipinski definition) is 5. The Labute approximate surface area is 120 Å². The number of nitrogens with one attached hydrogen (secondary N) is 2. The molecule has 0 saturated carbocycles. The maximum absolute atomic E-state index is 11.4. The normalized spacial score (nSPS) is 12.3. The third-order valence-electron chi connectivity index (χ3n) is 3.29. The second-order valence-corrected chi connectivity index (χ2v) is 4.67. The van der Waals surface area contributed by atoms with Crippen LogP contribution >= 0.6 is 0 Å². The second-order valence-electron chi connectivity index (χ2n) is 4.67. The molecular formula is C14H15N5O2. The molecule has 0 fully saturated rings. The summed E-state index contributed by atoms with van der Waals surface area (Å²) in [7, 11) is 1.64. The van der Waals surface area contributed by atoms with E-state index in [4.69, 9.17) is 4.74 Å². The summed E-state index contributed by atoms with van der Waals surface area (Å²) in [5.41, 5.74) is 1.34. The number of benzene rings is 1. The van der Waals surface area contributed by atoms with E-state index in [9.17, 15) is 4.79 Å². The number of aromatic nitrogens is 4. The van der Waals surface area contributed by atoms with Crippen molar-refractivity contribution in [3.05, 3.63) is 52.7 Å². The van der Waals surface area contributed by atoms with Gasteiger partial charge in [-0.15, -0.1) is 0 Å². The van der Waals surface area contributed by atoms with Crippen LogP contribution in [-0.4, -0.2) is 26.7 Å². The number of anilines is 1. The Hall–Kier alpha value is -2.83. The van der Waals surface area contributed by atoms with Crippen molar-refractivity contribution in [3.63, 3.8) is 0 Å². The maximum atomic E-state index is 11.4. The molecule has 0 spiro atoms. The van der Waals surface area contributed by atoms with Crippen LogP contribution < -0.4 is 15.7 Å². The lowest BCUT2D eigenvalue weighted by atomic mass is 10.1. The van der Waals surface area contributed by atoms with Gasteiger partial charge in [0.15, 0.2) is 5.65 Å². The quantitative estimate of drug-likeness (QED) is 0.760. The minimum Gasteiger partial charge on any atom is -0.497 e. The van der Waals surface area contributed by atoms with Crippen LogP contribution in [0.2, 0.25) is 0 Å². The van der Waals surface area contributed by atoms with E-state index in [-0.39, 0.29) is 11.7 Å². The highest BCUT2D eigenvalue weighted by Gasteiger charge is 2.08. The van der Waals surface area contributed by atoms with Gasteiger partial charge in [0.1, 0.15) is 17.9 Å². The van der Waals surface area contributed by atoms with Gasteiger partial charge in [0.2, 0.25) is 0 Å². The topological polar surface area (TPSA) is 84.3 Å². The van der Waals surface area contributed by atoms with Gasteiger partial charge >= 0.3 is 5.69 Å². The van der Waals surface area contributed by atoms with Crippen molar-refractivity contribution in [1.29, 1.82) is 0 Å². The van der Waals surface area contributed by atoms with Crippen LogP contribution in [0.3, 0.4) is 0 Å². The summed E-state index contributed by atoms with van der Waals surface area (Å²) in [4.78, 5) is 15.6. The Bertz CT molecular complexity index is 806. The molecule has 1 aromatic carbocycles. The monoisotopic (exact) mass is 285 g/mol. The second kappa shape index (κ2) is 5.28. The van der Waals surface area contributed by atoms with Crippen LogP contribution in [0.4, 0.5) is 5.82 Å². The first-order chi connectivity index (χ1) is 10.2. The van der Waals surface area contributed by atoms with Crippen molar-refractivity contribution in [2.45, 2.75) is 13.0 Å². The van der Waals surface area contributed by atoms with E-state index in [0.717, 1.165) is 11.3 Å². The number of aromatic amines is 1. The number of fused-ring (bicyclic) bond motifs is 1. The van der Waals surface area contributed by atoms with E-state index in [2.05, 4.69) is 20.5 Å². The molecule has 7 nitrogen and oxygen atoms in total. The highest BCUT2D eigenvalue weighted by atomic mass is 16.5. The van der Waals surface area contributed by atoms with Crippen LogP contribution in [0.25, 0.3) is 5.65 Å². The third kappa shape index (κ3) is 2.58. The van der Waals surface area contributed by atoms with Gasteiger partial charge in [-0.1, -0.05) is 12.1 Å². The summed E-state index contributed by atoms with van der Waals surface area (Å²) in [5.74, 6) is 1.48. The van der Waals surface area contributed by atoms with E-state index in [1.165, 1.54) is 10.7 Å². The summed E-state index contributed by atoms with van der Waals surface area (Å²) in [6, 6.07) is 9.60. The Kier molecular flexibility index (Phi) is 3.31. The van der Waals surface area contributed by atoms with E-state index < -0.39 is 0 Å². The molecule has 0 amide bonds. The third-order valence-corrected chi connectivity index (χ3v) is 3.29. The van der Waals surface area contributed by atoms with Crippen molar-refractivity contribution < 1.29 is 4.74 Å². The molecule has 108 valence electrons. The lowest BCUT2D eigenvalue weighted by molar-refractivity contribution is 0.414. The first kappa shape index (κ1) is 13.2. The van der Waals surface area contributed by atoms with E-state index in [1.54, 1.807) is 13.2 Å². The predicted octanol–water partition coefficient (Wildman–Crippen LogP) is 1.60. The summed E-state index contributed by atoms with van der Waals surface area (Å²) in [5, 5.41) is 9.56. The van der Waals surface area contributed by atoms with E-state index >= 15 is 0 Å². The van der Waals surface area contributed by atoms with Crippen molar-refractivity contribution in [2.24, 2.45) is 0 Å². The molecule has 1 unspecified atom stereocenters.